The summed E-state index contributed by atoms with van der Waals surface area (Å²) in [7, 11) is 1.70. The molecule has 0 radical (unpaired) electrons. The van der Waals surface area contributed by atoms with Crippen molar-refractivity contribution >= 4 is 5.91 Å². The number of aliphatic hydroxyl groups excluding tert-OH is 1. The maximum Gasteiger partial charge on any atom is 0.256 e. The van der Waals surface area contributed by atoms with Crippen LogP contribution in [-0.2, 0) is 0 Å². The summed E-state index contributed by atoms with van der Waals surface area (Å²) in [5, 5.41) is 17.6. The van der Waals surface area contributed by atoms with E-state index < -0.39 is 0 Å². The maximum atomic E-state index is 12.7. The molecule has 0 saturated heterocycles. The second kappa shape index (κ2) is 6.49. The van der Waals surface area contributed by atoms with Gasteiger partial charge in [0, 0.05) is 7.05 Å². The van der Waals surface area contributed by atoms with E-state index in [4.69, 9.17) is 0 Å². The highest BCUT2D eigenvalue weighted by atomic mass is 16.3. The molecular weight excluding hydrogens is 268 g/mol. The molecule has 0 saturated carbocycles. The van der Waals surface area contributed by atoms with Gasteiger partial charge >= 0.3 is 0 Å². The number of amides is 1. The molecule has 0 fully saturated rings. The number of aliphatic hydroxyl groups is 1. The predicted molar refractivity (Wildman–Crippen MR) is 79.4 cm³/mol. The third kappa shape index (κ3) is 3.11. The summed E-state index contributed by atoms with van der Waals surface area (Å²) in [6.07, 6.45) is 3.83. The van der Waals surface area contributed by atoms with Gasteiger partial charge in [0.05, 0.1) is 36.3 Å². The highest BCUT2D eigenvalue weighted by molar-refractivity contribution is 5.98. The lowest BCUT2D eigenvalue weighted by molar-refractivity contribution is 0.0654. The summed E-state index contributed by atoms with van der Waals surface area (Å²) in [5.74, 6) is -0.146. The second-order valence-corrected chi connectivity index (χ2v) is 5.00. The van der Waals surface area contributed by atoms with Crippen molar-refractivity contribution in [3.8, 4) is 5.69 Å². The Labute approximate surface area is 124 Å². The molecule has 0 spiro atoms. The van der Waals surface area contributed by atoms with Crippen LogP contribution in [0.25, 0.3) is 5.69 Å². The van der Waals surface area contributed by atoms with E-state index in [0.29, 0.717) is 17.7 Å². The van der Waals surface area contributed by atoms with Crippen LogP contribution in [-0.4, -0.2) is 50.6 Å². The van der Waals surface area contributed by atoms with Crippen LogP contribution >= 0.6 is 0 Å². The minimum absolute atomic E-state index is 0.0556. The Kier molecular flexibility index (Phi) is 4.70. The van der Waals surface area contributed by atoms with E-state index in [0.717, 1.165) is 5.56 Å². The lowest BCUT2D eigenvalue weighted by atomic mass is 10.1. The quantitative estimate of drug-likeness (QED) is 0.903. The zero-order valence-corrected chi connectivity index (χ0v) is 12.5. The molecule has 1 aromatic carbocycles. The smallest absolute Gasteiger partial charge is 0.256 e. The van der Waals surface area contributed by atoms with E-state index in [1.54, 1.807) is 24.3 Å². The molecule has 1 N–H and O–H groups in total. The van der Waals surface area contributed by atoms with Crippen LogP contribution in [0.15, 0.2) is 30.6 Å². The Morgan fingerprint density at radius 1 is 1.38 bits per heavy atom. The number of carbonyl (C=O) groups excluding carboxylic acids is 1. The summed E-state index contributed by atoms with van der Waals surface area (Å²) >= 11 is 0. The van der Waals surface area contributed by atoms with E-state index in [1.165, 1.54) is 4.80 Å². The van der Waals surface area contributed by atoms with E-state index in [9.17, 15) is 9.90 Å². The van der Waals surface area contributed by atoms with E-state index in [2.05, 4.69) is 10.2 Å². The van der Waals surface area contributed by atoms with E-state index >= 15 is 0 Å². The van der Waals surface area contributed by atoms with Gasteiger partial charge in [0.1, 0.15) is 0 Å². The van der Waals surface area contributed by atoms with Crippen molar-refractivity contribution in [1.29, 1.82) is 0 Å². The van der Waals surface area contributed by atoms with Gasteiger partial charge in [-0.2, -0.15) is 15.0 Å². The third-order valence-electron chi connectivity index (χ3n) is 3.57. The van der Waals surface area contributed by atoms with Gasteiger partial charge in [-0.3, -0.25) is 4.79 Å². The Bertz CT molecular complexity index is 606. The summed E-state index contributed by atoms with van der Waals surface area (Å²) in [5.41, 5.74) is 2.15. The molecule has 2 rings (SSSR count). The number of likely N-dealkylation sites (N-methyl/N-ethyl adjacent to an activating group) is 1. The normalized spacial score (nSPS) is 12.2. The topological polar surface area (TPSA) is 71.2 Å². The minimum atomic E-state index is -0.198. The summed E-state index contributed by atoms with van der Waals surface area (Å²) in [6, 6.07) is 5.37. The van der Waals surface area contributed by atoms with Crippen molar-refractivity contribution in [2.45, 2.75) is 26.3 Å². The summed E-state index contributed by atoms with van der Waals surface area (Å²) in [4.78, 5) is 15.7. The Hall–Kier alpha value is -2.21. The molecule has 1 aromatic heterocycles. The van der Waals surface area contributed by atoms with Crippen LogP contribution in [0.4, 0.5) is 0 Å². The molecule has 6 heteroatoms. The van der Waals surface area contributed by atoms with Gasteiger partial charge in [0.25, 0.3) is 5.91 Å². The zero-order chi connectivity index (χ0) is 15.4. The molecule has 0 aliphatic carbocycles. The van der Waals surface area contributed by atoms with Crippen molar-refractivity contribution in [1.82, 2.24) is 19.9 Å². The SMILES string of the molecule is CCC(CO)N(C)C(=O)c1cc(C)ccc1-n1nccn1. The highest BCUT2D eigenvalue weighted by Gasteiger charge is 2.22. The molecule has 1 atom stereocenters. The highest BCUT2D eigenvalue weighted by Crippen LogP contribution is 2.18. The molecule has 1 amide bonds. The van der Waals surface area contributed by atoms with Gasteiger partial charge in [-0.25, -0.2) is 0 Å². The van der Waals surface area contributed by atoms with Crippen molar-refractivity contribution in [2.24, 2.45) is 0 Å². The number of hydrogen-bond donors (Lipinski definition) is 1. The van der Waals surface area contributed by atoms with Crippen molar-refractivity contribution in [3.63, 3.8) is 0 Å². The summed E-state index contributed by atoms with van der Waals surface area (Å²) < 4.78 is 0. The second-order valence-electron chi connectivity index (χ2n) is 5.00. The molecular formula is C15H20N4O2. The van der Waals surface area contributed by atoms with Crippen LogP contribution in [0.5, 0.6) is 0 Å². The molecule has 1 heterocycles. The number of carbonyl (C=O) groups is 1. The van der Waals surface area contributed by atoms with Gasteiger partial charge in [0.2, 0.25) is 0 Å². The van der Waals surface area contributed by atoms with E-state index in [-0.39, 0.29) is 18.6 Å². The maximum absolute atomic E-state index is 12.7. The monoisotopic (exact) mass is 288 g/mol. The molecule has 6 nitrogen and oxygen atoms in total. The predicted octanol–water partition coefficient (Wildman–Crippen LogP) is 1.42. The lowest BCUT2D eigenvalue weighted by Gasteiger charge is -2.26. The molecule has 112 valence electrons. The third-order valence-corrected chi connectivity index (χ3v) is 3.57. The first-order valence-corrected chi connectivity index (χ1v) is 6.93. The van der Waals surface area contributed by atoms with Crippen LogP contribution in [0, 0.1) is 6.92 Å². The fourth-order valence-electron chi connectivity index (χ4n) is 2.22. The average Bonchev–Trinajstić information content (AvgIpc) is 3.01. The lowest BCUT2D eigenvalue weighted by Crippen LogP contribution is -2.39. The Balaban J connectivity index is 2.43. The van der Waals surface area contributed by atoms with Crippen LogP contribution in [0.1, 0.15) is 29.3 Å². The number of aryl methyl sites for hydroxylation is 1. The first kappa shape index (κ1) is 15.2. The largest absolute Gasteiger partial charge is 0.394 e. The molecule has 1 unspecified atom stereocenters. The first-order chi connectivity index (χ1) is 10.1. The van der Waals surface area contributed by atoms with Crippen molar-refractivity contribution < 1.29 is 9.90 Å². The van der Waals surface area contributed by atoms with Crippen molar-refractivity contribution in [2.75, 3.05) is 13.7 Å². The van der Waals surface area contributed by atoms with Crippen molar-refractivity contribution in [3.05, 3.63) is 41.7 Å². The molecule has 0 bridgehead atoms. The molecule has 0 aliphatic heterocycles. The van der Waals surface area contributed by atoms with Crippen LogP contribution in [0.2, 0.25) is 0 Å². The average molecular weight is 288 g/mol. The number of hydrogen-bond acceptors (Lipinski definition) is 4. The van der Waals surface area contributed by atoms with Crippen LogP contribution < -0.4 is 0 Å². The number of aromatic nitrogens is 3. The standard InChI is InChI=1S/C15H20N4O2/c1-4-12(10-20)18(3)15(21)13-9-11(2)5-6-14(13)19-16-7-8-17-19/h5-9,12,20H,4,10H2,1-3H3. The summed E-state index contributed by atoms with van der Waals surface area (Å²) in [6.45, 7) is 3.82. The van der Waals surface area contributed by atoms with E-state index in [1.807, 2.05) is 32.0 Å². The number of nitrogens with zero attached hydrogens (tertiary/aromatic N) is 4. The van der Waals surface area contributed by atoms with Gasteiger partial charge in [-0.1, -0.05) is 18.6 Å². The molecule has 2 aromatic rings. The zero-order valence-electron chi connectivity index (χ0n) is 12.5. The Morgan fingerprint density at radius 2 is 2.05 bits per heavy atom. The Morgan fingerprint density at radius 3 is 2.62 bits per heavy atom. The van der Waals surface area contributed by atoms with Gasteiger partial charge in [-0.05, 0) is 25.5 Å². The molecule has 0 aliphatic rings. The van der Waals surface area contributed by atoms with Gasteiger partial charge < -0.3 is 10.0 Å². The van der Waals surface area contributed by atoms with Gasteiger partial charge in [-0.15, -0.1) is 0 Å². The first-order valence-electron chi connectivity index (χ1n) is 6.93. The van der Waals surface area contributed by atoms with Crippen LogP contribution in [0.3, 0.4) is 0 Å². The van der Waals surface area contributed by atoms with Gasteiger partial charge in [0.15, 0.2) is 0 Å². The minimum Gasteiger partial charge on any atom is -0.394 e. The fraction of sp³-hybridized carbons (Fsp3) is 0.400. The number of benzene rings is 1. The fourth-order valence-corrected chi connectivity index (χ4v) is 2.22. The number of rotatable bonds is 5. The molecule has 21 heavy (non-hydrogen) atoms.